The van der Waals surface area contributed by atoms with Crippen molar-refractivity contribution in [3.63, 3.8) is 0 Å². The maximum Gasteiger partial charge on any atom is 0.187 e. The predicted molar refractivity (Wildman–Crippen MR) is 120 cm³/mol. The van der Waals surface area contributed by atoms with E-state index in [1.807, 2.05) is 78.9 Å². The van der Waals surface area contributed by atoms with E-state index in [-0.39, 0.29) is 5.78 Å². The van der Waals surface area contributed by atoms with Crippen molar-refractivity contribution in [2.24, 2.45) is 0 Å². The number of nitrogens with zero attached hydrogens (tertiary/aromatic N) is 1. The van der Waals surface area contributed by atoms with Gasteiger partial charge < -0.3 is 0 Å². The van der Waals surface area contributed by atoms with E-state index < -0.39 is 0 Å². The first-order valence-electron chi connectivity index (χ1n) is 10.1. The number of rotatable bonds is 5. The lowest BCUT2D eigenvalue weighted by Crippen LogP contribution is -2.38. The first kappa shape index (κ1) is 19.1. The summed E-state index contributed by atoms with van der Waals surface area (Å²) in [5.41, 5.74) is 5.18. The molecule has 0 aliphatic carbocycles. The molecule has 0 amide bonds. The molecule has 144 valence electrons. The summed E-state index contributed by atoms with van der Waals surface area (Å²) in [6.07, 6.45) is 5.05. The van der Waals surface area contributed by atoms with Gasteiger partial charge in [-0.2, -0.15) is 0 Å². The molecule has 2 nitrogen and oxygen atoms in total. The molecule has 0 saturated carbocycles. The molecule has 1 heterocycles. The third-order valence-electron chi connectivity index (χ3n) is 5.21. The first-order valence-corrected chi connectivity index (χ1v) is 10.1. The number of hydrogen-bond donors (Lipinski definition) is 0. The van der Waals surface area contributed by atoms with E-state index in [1.165, 1.54) is 5.56 Å². The average Bonchev–Trinajstić information content (AvgIpc) is 2.77. The molecule has 1 aliphatic heterocycles. The van der Waals surface area contributed by atoms with Crippen LogP contribution in [0.5, 0.6) is 0 Å². The van der Waals surface area contributed by atoms with Crippen molar-refractivity contribution in [2.45, 2.75) is 6.42 Å². The fraction of sp³-hybridized carbons (Fsp3) is 0.148. The van der Waals surface area contributed by atoms with E-state index in [0.29, 0.717) is 13.1 Å². The molecule has 1 fully saturated rings. The number of carbonyl (C=O) groups is 1. The fourth-order valence-corrected chi connectivity index (χ4v) is 3.70. The summed E-state index contributed by atoms with van der Waals surface area (Å²) in [5, 5.41) is 0. The normalized spacial score (nSPS) is 17.7. The van der Waals surface area contributed by atoms with Crippen LogP contribution in [-0.4, -0.2) is 30.3 Å². The maximum atomic E-state index is 13.2. The Labute approximate surface area is 172 Å². The van der Waals surface area contributed by atoms with Crippen LogP contribution < -0.4 is 0 Å². The SMILES string of the molecule is O=C1/C(=C/c2ccccc2)CN(CCc2ccccc2)C/C1=C\c1ccccc1. The maximum absolute atomic E-state index is 13.2. The van der Waals surface area contributed by atoms with Gasteiger partial charge in [-0.25, -0.2) is 0 Å². The molecular formula is C27H25NO. The Kier molecular flexibility index (Phi) is 6.13. The molecule has 0 radical (unpaired) electrons. The summed E-state index contributed by atoms with van der Waals surface area (Å²) in [6, 6.07) is 30.7. The van der Waals surface area contributed by atoms with E-state index in [1.54, 1.807) is 0 Å². The highest BCUT2D eigenvalue weighted by molar-refractivity contribution is 6.14. The number of likely N-dealkylation sites (tertiary alicyclic amines) is 1. The molecule has 0 atom stereocenters. The zero-order valence-corrected chi connectivity index (χ0v) is 16.5. The summed E-state index contributed by atoms with van der Waals surface area (Å²) in [5.74, 6) is 0.161. The second kappa shape index (κ2) is 9.31. The van der Waals surface area contributed by atoms with Crippen LogP contribution in [0.1, 0.15) is 16.7 Å². The van der Waals surface area contributed by atoms with E-state index in [2.05, 4.69) is 29.2 Å². The molecule has 3 aromatic rings. The van der Waals surface area contributed by atoms with Crippen molar-refractivity contribution >= 4 is 17.9 Å². The Hall–Kier alpha value is -3.23. The number of ketones is 1. The van der Waals surface area contributed by atoms with E-state index >= 15 is 0 Å². The number of hydrogen-bond acceptors (Lipinski definition) is 2. The number of carbonyl (C=O) groups excluding carboxylic acids is 1. The molecule has 4 rings (SSSR count). The van der Waals surface area contributed by atoms with Crippen LogP contribution in [0.4, 0.5) is 0 Å². The van der Waals surface area contributed by atoms with Gasteiger partial charge in [0.15, 0.2) is 5.78 Å². The highest BCUT2D eigenvalue weighted by atomic mass is 16.1. The highest BCUT2D eigenvalue weighted by Crippen LogP contribution is 2.22. The molecule has 0 unspecified atom stereocenters. The highest BCUT2D eigenvalue weighted by Gasteiger charge is 2.25. The predicted octanol–water partition coefficient (Wildman–Crippen LogP) is 5.28. The minimum atomic E-state index is 0.161. The van der Waals surface area contributed by atoms with Crippen molar-refractivity contribution < 1.29 is 4.79 Å². The zero-order chi connectivity index (χ0) is 19.9. The van der Waals surface area contributed by atoms with Crippen LogP contribution in [0.15, 0.2) is 102 Å². The third-order valence-corrected chi connectivity index (χ3v) is 5.21. The topological polar surface area (TPSA) is 20.3 Å². The third kappa shape index (κ3) is 5.18. The Morgan fingerprint density at radius 3 is 1.59 bits per heavy atom. The van der Waals surface area contributed by atoms with Gasteiger partial charge in [0.1, 0.15) is 0 Å². The monoisotopic (exact) mass is 379 g/mol. The van der Waals surface area contributed by atoms with Crippen LogP contribution in [-0.2, 0) is 11.2 Å². The average molecular weight is 380 g/mol. The summed E-state index contributed by atoms with van der Waals surface area (Å²) in [7, 11) is 0. The molecule has 0 bridgehead atoms. The van der Waals surface area contributed by atoms with Crippen molar-refractivity contribution in [1.82, 2.24) is 4.90 Å². The van der Waals surface area contributed by atoms with Gasteiger partial charge in [0.05, 0.1) is 0 Å². The number of benzene rings is 3. The second-order valence-electron chi connectivity index (χ2n) is 7.44. The van der Waals surface area contributed by atoms with Gasteiger partial charge in [-0.1, -0.05) is 91.0 Å². The van der Waals surface area contributed by atoms with Gasteiger partial charge in [-0.15, -0.1) is 0 Å². The summed E-state index contributed by atoms with van der Waals surface area (Å²) in [4.78, 5) is 15.6. The summed E-state index contributed by atoms with van der Waals surface area (Å²) < 4.78 is 0. The minimum Gasteiger partial charge on any atom is -0.294 e. The van der Waals surface area contributed by atoms with E-state index in [4.69, 9.17) is 0 Å². The van der Waals surface area contributed by atoms with Crippen molar-refractivity contribution in [3.05, 3.63) is 119 Å². The molecule has 3 aromatic carbocycles. The molecule has 29 heavy (non-hydrogen) atoms. The molecule has 1 saturated heterocycles. The summed E-state index contributed by atoms with van der Waals surface area (Å²) >= 11 is 0. The van der Waals surface area contributed by atoms with Crippen molar-refractivity contribution in [3.8, 4) is 0 Å². The van der Waals surface area contributed by atoms with Gasteiger partial charge in [0.2, 0.25) is 0 Å². The van der Waals surface area contributed by atoms with Crippen molar-refractivity contribution in [1.29, 1.82) is 0 Å². The Morgan fingerprint density at radius 1 is 0.655 bits per heavy atom. The lowest BCUT2D eigenvalue weighted by atomic mass is 9.94. The lowest BCUT2D eigenvalue weighted by Gasteiger charge is -2.30. The van der Waals surface area contributed by atoms with Crippen molar-refractivity contribution in [2.75, 3.05) is 19.6 Å². The largest absolute Gasteiger partial charge is 0.294 e. The van der Waals surface area contributed by atoms with E-state index in [9.17, 15) is 4.79 Å². The molecule has 1 aliphatic rings. The molecule has 0 aromatic heterocycles. The number of Topliss-reactive ketones (excluding diaryl/α,β-unsaturated/α-hetero) is 1. The van der Waals surface area contributed by atoms with Crippen LogP contribution in [0.3, 0.4) is 0 Å². The van der Waals surface area contributed by atoms with Gasteiger partial charge in [0.25, 0.3) is 0 Å². The standard InChI is InChI=1S/C27H25NO/c29-27-25(18-23-12-6-2-7-13-23)20-28(17-16-22-10-4-1-5-11-22)21-26(27)19-24-14-8-3-9-15-24/h1-15,18-19H,16-17,20-21H2/b25-18+,26-19+. The zero-order valence-electron chi connectivity index (χ0n) is 16.5. The Balaban J connectivity index is 1.60. The van der Waals surface area contributed by atoms with Crippen LogP contribution >= 0.6 is 0 Å². The molecule has 0 spiro atoms. The first-order chi connectivity index (χ1) is 14.3. The van der Waals surface area contributed by atoms with Crippen LogP contribution in [0.2, 0.25) is 0 Å². The Morgan fingerprint density at radius 2 is 1.10 bits per heavy atom. The quantitative estimate of drug-likeness (QED) is 0.562. The minimum absolute atomic E-state index is 0.161. The van der Waals surface area contributed by atoms with Gasteiger partial charge in [0, 0.05) is 30.8 Å². The van der Waals surface area contributed by atoms with Crippen LogP contribution in [0, 0.1) is 0 Å². The van der Waals surface area contributed by atoms with Gasteiger partial charge in [-0.3, -0.25) is 9.69 Å². The molecule has 2 heteroatoms. The molecule has 0 N–H and O–H groups in total. The number of piperidine rings is 1. The summed E-state index contributed by atoms with van der Waals surface area (Å²) in [6.45, 7) is 2.30. The fourth-order valence-electron chi connectivity index (χ4n) is 3.70. The smallest absolute Gasteiger partial charge is 0.187 e. The van der Waals surface area contributed by atoms with Gasteiger partial charge >= 0.3 is 0 Å². The van der Waals surface area contributed by atoms with E-state index in [0.717, 1.165) is 35.2 Å². The second-order valence-corrected chi connectivity index (χ2v) is 7.44. The Bertz CT molecular complexity index is 943. The van der Waals surface area contributed by atoms with Gasteiger partial charge in [-0.05, 0) is 35.3 Å². The van der Waals surface area contributed by atoms with Crippen LogP contribution in [0.25, 0.3) is 12.2 Å². The lowest BCUT2D eigenvalue weighted by molar-refractivity contribution is -0.113. The molecular weight excluding hydrogens is 354 g/mol.